The minimum Gasteiger partial charge on any atom is -0.480 e. The number of aryl methyl sites for hydroxylation is 1. The van der Waals surface area contributed by atoms with Gasteiger partial charge in [0, 0.05) is 0 Å². The lowest BCUT2D eigenvalue weighted by molar-refractivity contribution is -0.143. The zero-order valence-corrected chi connectivity index (χ0v) is 8.70. The lowest BCUT2D eigenvalue weighted by Gasteiger charge is -2.20. The van der Waals surface area contributed by atoms with Crippen molar-refractivity contribution in [3.8, 4) is 0 Å². The van der Waals surface area contributed by atoms with Gasteiger partial charge in [0.05, 0.1) is 0 Å². The lowest BCUT2D eigenvalue weighted by atomic mass is 10.1. The summed E-state index contributed by atoms with van der Waals surface area (Å²) in [6.45, 7) is 4.36. The second-order valence-electron chi connectivity index (χ2n) is 3.64. The Morgan fingerprint density at radius 3 is 2.53 bits per heavy atom. The van der Waals surface area contributed by atoms with Gasteiger partial charge in [0.25, 0.3) is 5.91 Å². The van der Waals surface area contributed by atoms with E-state index >= 15 is 0 Å². The van der Waals surface area contributed by atoms with Gasteiger partial charge in [-0.3, -0.25) is 4.79 Å². The number of aromatic nitrogens is 1. The number of oxazole rings is 1. The van der Waals surface area contributed by atoms with E-state index in [-0.39, 0.29) is 5.69 Å². The molecular weight excluding hydrogens is 200 g/mol. The van der Waals surface area contributed by atoms with Crippen LogP contribution in [0.25, 0.3) is 0 Å². The Balaban J connectivity index is 2.81. The molecule has 0 atom stereocenters. The maximum Gasteiger partial charge on any atom is 0.328 e. The Labute approximate surface area is 86.3 Å². The van der Waals surface area contributed by atoms with Crippen LogP contribution in [0.1, 0.15) is 30.1 Å². The van der Waals surface area contributed by atoms with Crippen molar-refractivity contribution in [2.75, 3.05) is 0 Å². The Bertz CT molecular complexity index is 395. The maximum atomic E-state index is 11.5. The molecule has 15 heavy (non-hydrogen) atoms. The van der Waals surface area contributed by atoms with Crippen molar-refractivity contribution in [2.24, 2.45) is 0 Å². The molecule has 0 aliphatic carbocycles. The van der Waals surface area contributed by atoms with E-state index in [0.717, 1.165) is 6.39 Å². The first-order valence-corrected chi connectivity index (χ1v) is 4.30. The van der Waals surface area contributed by atoms with Crippen LogP contribution >= 0.6 is 0 Å². The molecule has 0 spiro atoms. The molecule has 6 nitrogen and oxygen atoms in total. The van der Waals surface area contributed by atoms with E-state index in [1.807, 2.05) is 0 Å². The van der Waals surface area contributed by atoms with Crippen LogP contribution in [0, 0.1) is 6.92 Å². The van der Waals surface area contributed by atoms with Crippen molar-refractivity contribution < 1.29 is 19.1 Å². The van der Waals surface area contributed by atoms with Gasteiger partial charge in [-0.15, -0.1) is 0 Å². The molecule has 6 heteroatoms. The molecular formula is C9H12N2O4. The van der Waals surface area contributed by atoms with Crippen LogP contribution in [0.5, 0.6) is 0 Å². The van der Waals surface area contributed by atoms with Crippen molar-refractivity contribution in [3.05, 3.63) is 17.8 Å². The molecule has 82 valence electrons. The summed E-state index contributed by atoms with van der Waals surface area (Å²) in [5.74, 6) is -1.32. The summed E-state index contributed by atoms with van der Waals surface area (Å²) in [5, 5.41) is 11.1. The molecule has 0 saturated heterocycles. The summed E-state index contributed by atoms with van der Waals surface area (Å²) >= 11 is 0. The van der Waals surface area contributed by atoms with Gasteiger partial charge in [-0.05, 0) is 20.8 Å². The highest BCUT2D eigenvalue weighted by molar-refractivity contribution is 5.96. The number of hydrogen-bond acceptors (Lipinski definition) is 4. The third kappa shape index (κ3) is 2.34. The summed E-state index contributed by atoms with van der Waals surface area (Å²) in [6, 6.07) is 0. The fourth-order valence-corrected chi connectivity index (χ4v) is 0.920. The number of carboxylic acids is 1. The Hall–Kier alpha value is -1.85. The number of carbonyl (C=O) groups is 2. The summed E-state index contributed by atoms with van der Waals surface area (Å²) in [6.07, 6.45) is 1.14. The molecule has 0 aromatic carbocycles. The van der Waals surface area contributed by atoms with Gasteiger partial charge in [-0.1, -0.05) is 0 Å². The second-order valence-corrected chi connectivity index (χ2v) is 3.64. The number of nitrogens with zero attached hydrogens (tertiary/aromatic N) is 1. The van der Waals surface area contributed by atoms with E-state index in [0.29, 0.717) is 5.76 Å². The van der Waals surface area contributed by atoms with Gasteiger partial charge in [0.1, 0.15) is 11.3 Å². The predicted molar refractivity (Wildman–Crippen MR) is 50.4 cm³/mol. The normalized spacial score (nSPS) is 11.1. The van der Waals surface area contributed by atoms with Gasteiger partial charge >= 0.3 is 5.97 Å². The van der Waals surface area contributed by atoms with E-state index < -0.39 is 17.4 Å². The van der Waals surface area contributed by atoms with Crippen molar-refractivity contribution >= 4 is 11.9 Å². The quantitative estimate of drug-likeness (QED) is 0.764. The first-order valence-electron chi connectivity index (χ1n) is 4.30. The topological polar surface area (TPSA) is 92.4 Å². The molecule has 1 rings (SSSR count). The average Bonchev–Trinajstić information content (AvgIpc) is 2.50. The highest BCUT2D eigenvalue weighted by atomic mass is 16.4. The summed E-state index contributed by atoms with van der Waals surface area (Å²) in [5.41, 5.74) is -1.23. The number of amides is 1. The Morgan fingerprint density at radius 2 is 2.13 bits per heavy atom. The largest absolute Gasteiger partial charge is 0.480 e. The third-order valence-electron chi connectivity index (χ3n) is 1.92. The fourth-order valence-electron chi connectivity index (χ4n) is 0.920. The summed E-state index contributed by atoms with van der Waals surface area (Å²) < 4.78 is 4.84. The summed E-state index contributed by atoms with van der Waals surface area (Å²) in [4.78, 5) is 26.0. The van der Waals surface area contributed by atoms with Crippen molar-refractivity contribution in [2.45, 2.75) is 26.3 Å². The molecule has 2 N–H and O–H groups in total. The number of carbonyl (C=O) groups excluding carboxylic acids is 1. The van der Waals surface area contributed by atoms with Gasteiger partial charge < -0.3 is 14.8 Å². The molecule has 0 aliphatic rings. The van der Waals surface area contributed by atoms with Crippen molar-refractivity contribution in [1.82, 2.24) is 10.3 Å². The van der Waals surface area contributed by atoms with Gasteiger partial charge in [0.2, 0.25) is 0 Å². The lowest BCUT2D eigenvalue weighted by Crippen LogP contribution is -2.49. The molecule has 0 bridgehead atoms. The standard InChI is InChI=1S/C9H12N2O4/c1-5-6(10-4-15-5)7(12)11-9(2,3)8(13)14/h4H,1-3H3,(H,11,12)(H,13,14). The molecule has 1 aromatic heterocycles. The number of aliphatic carboxylic acids is 1. The second kappa shape index (κ2) is 3.72. The van der Waals surface area contributed by atoms with Crippen LogP contribution < -0.4 is 5.32 Å². The first-order chi connectivity index (χ1) is 6.84. The number of carboxylic acid groups (broad SMARTS) is 1. The fraction of sp³-hybridized carbons (Fsp3) is 0.444. The molecule has 1 heterocycles. The van der Waals surface area contributed by atoms with Crippen LogP contribution in [0.2, 0.25) is 0 Å². The van der Waals surface area contributed by atoms with E-state index in [1.165, 1.54) is 13.8 Å². The van der Waals surface area contributed by atoms with Crippen LogP contribution in [-0.4, -0.2) is 27.5 Å². The van der Waals surface area contributed by atoms with Crippen LogP contribution in [0.15, 0.2) is 10.8 Å². The van der Waals surface area contributed by atoms with Crippen LogP contribution in [-0.2, 0) is 4.79 Å². The molecule has 1 amide bonds. The molecule has 0 fully saturated rings. The highest BCUT2D eigenvalue weighted by Gasteiger charge is 2.30. The zero-order chi connectivity index (χ0) is 11.6. The minimum atomic E-state index is -1.33. The van der Waals surface area contributed by atoms with E-state index in [4.69, 9.17) is 9.52 Å². The van der Waals surface area contributed by atoms with Gasteiger partial charge in [-0.25, -0.2) is 9.78 Å². The SMILES string of the molecule is Cc1ocnc1C(=O)NC(C)(C)C(=O)O. The number of nitrogens with one attached hydrogen (secondary N) is 1. The van der Waals surface area contributed by atoms with E-state index in [1.54, 1.807) is 6.92 Å². The monoisotopic (exact) mass is 212 g/mol. The van der Waals surface area contributed by atoms with Crippen LogP contribution in [0.4, 0.5) is 0 Å². The Kier molecular flexibility index (Phi) is 2.78. The van der Waals surface area contributed by atoms with Crippen LogP contribution in [0.3, 0.4) is 0 Å². The Morgan fingerprint density at radius 1 is 1.53 bits per heavy atom. The van der Waals surface area contributed by atoms with E-state index in [9.17, 15) is 9.59 Å². The molecule has 1 aromatic rings. The number of rotatable bonds is 3. The van der Waals surface area contributed by atoms with Crippen molar-refractivity contribution in [1.29, 1.82) is 0 Å². The third-order valence-corrected chi connectivity index (χ3v) is 1.92. The molecule has 0 saturated carbocycles. The van der Waals surface area contributed by atoms with Crippen molar-refractivity contribution in [3.63, 3.8) is 0 Å². The smallest absolute Gasteiger partial charge is 0.328 e. The van der Waals surface area contributed by atoms with Gasteiger partial charge in [0.15, 0.2) is 12.1 Å². The average molecular weight is 212 g/mol. The summed E-state index contributed by atoms with van der Waals surface area (Å²) in [7, 11) is 0. The first kappa shape index (κ1) is 11.2. The zero-order valence-electron chi connectivity index (χ0n) is 8.70. The van der Waals surface area contributed by atoms with E-state index in [2.05, 4.69) is 10.3 Å². The molecule has 0 radical (unpaired) electrons. The number of hydrogen-bond donors (Lipinski definition) is 2. The highest BCUT2D eigenvalue weighted by Crippen LogP contribution is 2.08. The minimum absolute atomic E-state index is 0.101. The van der Waals surface area contributed by atoms with Gasteiger partial charge in [-0.2, -0.15) is 0 Å². The maximum absolute atomic E-state index is 11.5. The molecule has 0 aliphatic heterocycles. The molecule has 0 unspecified atom stereocenters. The predicted octanol–water partition coefficient (Wildman–Crippen LogP) is 0.576.